The van der Waals surface area contributed by atoms with Gasteiger partial charge in [0.25, 0.3) is 5.56 Å². The monoisotopic (exact) mass is 300 g/mol. The van der Waals surface area contributed by atoms with E-state index >= 15 is 0 Å². The summed E-state index contributed by atoms with van der Waals surface area (Å²) in [7, 11) is 0. The van der Waals surface area contributed by atoms with Crippen LogP contribution in [0.3, 0.4) is 0 Å². The largest absolute Gasteiger partial charge is 0.336 e. The van der Waals surface area contributed by atoms with Crippen molar-refractivity contribution in [3.05, 3.63) is 58.3 Å². The molecule has 0 fully saturated rings. The number of rotatable bonds is 5. The molecule has 2 aromatic rings. The van der Waals surface area contributed by atoms with E-state index in [-0.39, 0.29) is 11.6 Å². The van der Waals surface area contributed by atoms with Crippen molar-refractivity contribution in [3.63, 3.8) is 0 Å². The molecule has 6 heteroatoms. The van der Waals surface area contributed by atoms with E-state index in [4.69, 9.17) is 0 Å². The van der Waals surface area contributed by atoms with Crippen LogP contribution in [-0.2, 0) is 13.0 Å². The van der Waals surface area contributed by atoms with Gasteiger partial charge in [-0.2, -0.15) is 0 Å². The fourth-order valence-electron chi connectivity index (χ4n) is 1.99. The Hall–Kier alpha value is -2.63. The fourth-order valence-corrected chi connectivity index (χ4v) is 1.99. The van der Waals surface area contributed by atoms with Crippen LogP contribution >= 0.6 is 0 Å². The van der Waals surface area contributed by atoms with E-state index in [0.717, 1.165) is 23.4 Å². The van der Waals surface area contributed by atoms with Gasteiger partial charge in [-0.1, -0.05) is 25.1 Å². The van der Waals surface area contributed by atoms with E-state index in [2.05, 4.69) is 15.6 Å². The molecular formula is C16H20N4O2. The van der Waals surface area contributed by atoms with Gasteiger partial charge in [-0.3, -0.25) is 9.36 Å². The zero-order chi connectivity index (χ0) is 15.9. The molecule has 0 bridgehead atoms. The average molecular weight is 300 g/mol. The molecule has 0 aliphatic rings. The van der Waals surface area contributed by atoms with Crippen LogP contribution in [0.25, 0.3) is 0 Å². The molecule has 2 N–H and O–H groups in total. The quantitative estimate of drug-likeness (QED) is 0.886. The van der Waals surface area contributed by atoms with E-state index in [1.165, 1.54) is 17.0 Å². The highest BCUT2D eigenvalue weighted by Gasteiger charge is 2.04. The molecule has 0 spiro atoms. The summed E-state index contributed by atoms with van der Waals surface area (Å²) in [6.07, 6.45) is 2.25. The fraction of sp³-hybridized carbons (Fsp3) is 0.312. The Labute approximate surface area is 129 Å². The Bertz CT molecular complexity index is 709. The number of amides is 2. The lowest BCUT2D eigenvalue weighted by molar-refractivity contribution is 0.251. The summed E-state index contributed by atoms with van der Waals surface area (Å²) in [4.78, 5) is 27.8. The minimum absolute atomic E-state index is 0.104. The lowest BCUT2D eigenvalue weighted by Crippen LogP contribution is -2.34. The van der Waals surface area contributed by atoms with E-state index in [1.54, 1.807) is 0 Å². The first-order chi connectivity index (χ1) is 10.6. The first-order valence-corrected chi connectivity index (χ1v) is 7.26. The number of urea groups is 1. The Morgan fingerprint density at radius 1 is 1.32 bits per heavy atom. The smallest absolute Gasteiger partial charge is 0.319 e. The van der Waals surface area contributed by atoms with Crippen LogP contribution < -0.4 is 16.2 Å². The maximum absolute atomic E-state index is 11.8. The van der Waals surface area contributed by atoms with Crippen molar-refractivity contribution in [1.82, 2.24) is 14.9 Å². The molecule has 0 radical (unpaired) electrons. The van der Waals surface area contributed by atoms with Crippen molar-refractivity contribution in [2.24, 2.45) is 0 Å². The van der Waals surface area contributed by atoms with E-state index in [0.29, 0.717) is 13.1 Å². The Balaban J connectivity index is 1.85. The Kier molecular flexibility index (Phi) is 5.30. The molecular weight excluding hydrogens is 280 g/mol. The standard InChI is InChI=1S/C16H20N4O2/c1-3-13-10-15(21)20(11-18-13)9-8-17-16(22)19-14-7-5-4-6-12(14)2/h4-7,10-11H,3,8-9H2,1-2H3,(H2,17,19,22). The molecule has 0 saturated heterocycles. The van der Waals surface area contributed by atoms with Crippen LogP contribution in [0.1, 0.15) is 18.2 Å². The van der Waals surface area contributed by atoms with Crippen LogP contribution in [0.4, 0.5) is 10.5 Å². The molecule has 1 aromatic carbocycles. The summed E-state index contributed by atoms with van der Waals surface area (Å²) in [5.74, 6) is 0. The Morgan fingerprint density at radius 3 is 2.77 bits per heavy atom. The van der Waals surface area contributed by atoms with Gasteiger partial charge in [0.15, 0.2) is 0 Å². The number of carbonyl (C=O) groups excluding carboxylic acids is 1. The zero-order valence-electron chi connectivity index (χ0n) is 12.8. The molecule has 0 unspecified atom stereocenters. The van der Waals surface area contributed by atoms with Crippen molar-refractivity contribution >= 4 is 11.7 Å². The number of para-hydroxylation sites is 1. The van der Waals surface area contributed by atoms with Gasteiger partial charge < -0.3 is 10.6 Å². The minimum atomic E-state index is -0.291. The predicted molar refractivity (Wildman–Crippen MR) is 86.1 cm³/mol. The summed E-state index contributed by atoms with van der Waals surface area (Å²) in [5.41, 5.74) is 2.43. The summed E-state index contributed by atoms with van der Waals surface area (Å²) >= 11 is 0. The first kappa shape index (κ1) is 15.8. The van der Waals surface area contributed by atoms with Crippen LogP contribution in [0.2, 0.25) is 0 Å². The van der Waals surface area contributed by atoms with E-state index in [9.17, 15) is 9.59 Å². The highest BCUT2D eigenvalue weighted by atomic mass is 16.2. The third-order valence-corrected chi connectivity index (χ3v) is 3.33. The second-order valence-electron chi connectivity index (χ2n) is 4.96. The zero-order valence-corrected chi connectivity index (χ0v) is 12.8. The number of carbonyl (C=O) groups is 1. The second kappa shape index (κ2) is 7.40. The van der Waals surface area contributed by atoms with Gasteiger partial charge in [0.05, 0.1) is 6.33 Å². The van der Waals surface area contributed by atoms with Gasteiger partial charge in [0, 0.05) is 30.5 Å². The molecule has 1 heterocycles. The molecule has 22 heavy (non-hydrogen) atoms. The molecule has 1 aromatic heterocycles. The second-order valence-corrected chi connectivity index (χ2v) is 4.96. The van der Waals surface area contributed by atoms with Gasteiger partial charge in [-0.25, -0.2) is 9.78 Å². The predicted octanol–water partition coefficient (Wildman–Crippen LogP) is 1.94. The summed E-state index contributed by atoms with van der Waals surface area (Å²) in [5, 5.41) is 5.50. The van der Waals surface area contributed by atoms with E-state index < -0.39 is 0 Å². The minimum Gasteiger partial charge on any atom is -0.336 e. The first-order valence-electron chi connectivity index (χ1n) is 7.26. The highest BCUT2D eigenvalue weighted by molar-refractivity contribution is 5.89. The Morgan fingerprint density at radius 2 is 2.09 bits per heavy atom. The number of hydrogen-bond acceptors (Lipinski definition) is 3. The van der Waals surface area contributed by atoms with Gasteiger partial charge in [0.1, 0.15) is 0 Å². The van der Waals surface area contributed by atoms with Crippen molar-refractivity contribution in [1.29, 1.82) is 0 Å². The van der Waals surface area contributed by atoms with Crippen molar-refractivity contribution in [2.75, 3.05) is 11.9 Å². The molecule has 0 atom stereocenters. The maximum atomic E-state index is 11.8. The SMILES string of the molecule is CCc1cc(=O)n(CCNC(=O)Nc2ccccc2C)cn1. The number of nitrogens with zero attached hydrogens (tertiary/aromatic N) is 2. The summed E-state index contributed by atoms with van der Waals surface area (Å²) < 4.78 is 1.48. The molecule has 2 amide bonds. The summed E-state index contributed by atoms with van der Waals surface area (Å²) in [6, 6.07) is 8.78. The number of hydrogen-bond donors (Lipinski definition) is 2. The molecule has 0 saturated carbocycles. The average Bonchev–Trinajstić information content (AvgIpc) is 2.51. The summed E-state index contributed by atoms with van der Waals surface area (Å²) in [6.45, 7) is 4.61. The van der Waals surface area contributed by atoms with Crippen molar-refractivity contribution < 1.29 is 4.79 Å². The normalized spacial score (nSPS) is 10.3. The number of anilines is 1. The topological polar surface area (TPSA) is 76.0 Å². The molecule has 0 aliphatic carbocycles. The third-order valence-electron chi connectivity index (χ3n) is 3.33. The van der Waals surface area contributed by atoms with Crippen LogP contribution in [0, 0.1) is 6.92 Å². The molecule has 116 valence electrons. The van der Waals surface area contributed by atoms with Crippen molar-refractivity contribution in [2.45, 2.75) is 26.8 Å². The van der Waals surface area contributed by atoms with Gasteiger partial charge >= 0.3 is 6.03 Å². The number of benzene rings is 1. The molecule has 0 aliphatic heterocycles. The van der Waals surface area contributed by atoms with Crippen molar-refractivity contribution in [3.8, 4) is 0 Å². The van der Waals surface area contributed by atoms with Crippen LogP contribution in [-0.4, -0.2) is 22.1 Å². The third kappa shape index (κ3) is 4.18. The van der Waals surface area contributed by atoms with Crippen LogP contribution in [0.5, 0.6) is 0 Å². The molecule has 2 rings (SSSR count). The molecule has 6 nitrogen and oxygen atoms in total. The lowest BCUT2D eigenvalue weighted by atomic mass is 10.2. The number of aryl methyl sites for hydroxylation is 2. The van der Waals surface area contributed by atoms with E-state index in [1.807, 2.05) is 38.1 Å². The number of nitrogens with one attached hydrogen (secondary N) is 2. The number of aromatic nitrogens is 2. The maximum Gasteiger partial charge on any atom is 0.319 e. The highest BCUT2D eigenvalue weighted by Crippen LogP contribution is 2.12. The van der Waals surface area contributed by atoms with Gasteiger partial charge in [-0.05, 0) is 25.0 Å². The van der Waals surface area contributed by atoms with Gasteiger partial charge in [0.2, 0.25) is 0 Å². The van der Waals surface area contributed by atoms with Crippen LogP contribution in [0.15, 0.2) is 41.5 Å². The lowest BCUT2D eigenvalue weighted by Gasteiger charge is -2.10. The van der Waals surface area contributed by atoms with Gasteiger partial charge in [-0.15, -0.1) is 0 Å².